The fourth-order valence-corrected chi connectivity index (χ4v) is 1.32. The first kappa shape index (κ1) is 12.1. The molecule has 0 heterocycles. The fraction of sp³-hybridized carbons (Fsp3) is 0.333. The molecule has 82 valence electrons. The van der Waals surface area contributed by atoms with Crippen LogP contribution in [-0.4, -0.2) is 17.2 Å². The minimum absolute atomic E-state index is 0.0560. The summed E-state index contributed by atoms with van der Waals surface area (Å²) in [4.78, 5) is 0. The molecule has 0 spiro atoms. The molecule has 1 aromatic carbocycles. The van der Waals surface area contributed by atoms with Gasteiger partial charge >= 0.3 is 7.12 Å². The molecule has 0 aliphatic carbocycles. The number of aryl methyl sites for hydroxylation is 1. The van der Waals surface area contributed by atoms with Crippen molar-refractivity contribution >= 4 is 12.6 Å². The van der Waals surface area contributed by atoms with Crippen molar-refractivity contribution in [2.24, 2.45) is 0 Å². The zero-order valence-corrected chi connectivity index (χ0v) is 8.10. The molecule has 1 aromatic rings. The summed E-state index contributed by atoms with van der Waals surface area (Å²) in [7, 11) is -2.14. The van der Waals surface area contributed by atoms with Gasteiger partial charge in [0.1, 0.15) is 0 Å². The van der Waals surface area contributed by atoms with Gasteiger partial charge in [-0.25, -0.2) is 13.2 Å². The van der Waals surface area contributed by atoms with E-state index in [-0.39, 0.29) is 12.0 Å². The fourth-order valence-electron chi connectivity index (χ4n) is 1.32. The maximum atomic E-state index is 13.1. The van der Waals surface area contributed by atoms with Crippen LogP contribution in [0.15, 0.2) is 6.07 Å². The lowest BCUT2D eigenvalue weighted by atomic mass is 9.78. The Morgan fingerprint density at radius 1 is 1.13 bits per heavy atom. The van der Waals surface area contributed by atoms with Crippen molar-refractivity contribution < 1.29 is 23.2 Å². The van der Waals surface area contributed by atoms with E-state index in [1.807, 2.05) is 0 Å². The SMILES string of the molecule is CCCc1cc(B(O)O)c(F)c(F)c1F. The molecule has 0 aromatic heterocycles. The third-order valence-corrected chi connectivity index (χ3v) is 2.05. The van der Waals surface area contributed by atoms with Crippen LogP contribution >= 0.6 is 0 Å². The highest BCUT2D eigenvalue weighted by Gasteiger charge is 2.24. The van der Waals surface area contributed by atoms with Crippen LogP contribution in [-0.2, 0) is 6.42 Å². The first-order valence-corrected chi connectivity index (χ1v) is 4.51. The summed E-state index contributed by atoms with van der Waals surface area (Å²) >= 11 is 0. The van der Waals surface area contributed by atoms with Crippen molar-refractivity contribution in [1.82, 2.24) is 0 Å². The quantitative estimate of drug-likeness (QED) is 0.580. The molecule has 0 atom stereocenters. The van der Waals surface area contributed by atoms with Gasteiger partial charge in [-0.05, 0) is 12.0 Å². The van der Waals surface area contributed by atoms with Crippen LogP contribution in [0, 0.1) is 17.5 Å². The number of benzene rings is 1. The lowest BCUT2D eigenvalue weighted by Gasteiger charge is -2.08. The van der Waals surface area contributed by atoms with Crippen LogP contribution in [0.1, 0.15) is 18.9 Å². The first-order chi connectivity index (χ1) is 6.99. The average molecular weight is 218 g/mol. The molecule has 15 heavy (non-hydrogen) atoms. The second kappa shape index (κ2) is 4.68. The highest BCUT2D eigenvalue weighted by Crippen LogP contribution is 2.15. The summed E-state index contributed by atoms with van der Waals surface area (Å²) < 4.78 is 39.1. The molecule has 0 saturated carbocycles. The van der Waals surface area contributed by atoms with Crippen LogP contribution in [0.5, 0.6) is 0 Å². The van der Waals surface area contributed by atoms with E-state index >= 15 is 0 Å². The average Bonchev–Trinajstić information content (AvgIpc) is 2.18. The molecule has 2 N–H and O–H groups in total. The monoisotopic (exact) mass is 218 g/mol. The van der Waals surface area contributed by atoms with E-state index in [0.717, 1.165) is 6.07 Å². The Bertz CT molecular complexity index is 369. The van der Waals surface area contributed by atoms with Gasteiger partial charge in [0.05, 0.1) is 0 Å². The Balaban J connectivity index is 3.31. The van der Waals surface area contributed by atoms with Crippen LogP contribution < -0.4 is 5.46 Å². The molecule has 0 amide bonds. The molecular weight excluding hydrogens is 208 g/mol. The Morgan fingerprint density at radius 3 is 2.20 bits per heavy atom. The predicted octanol–water partition coefficient (Wildman–Crippen LogP) is 0.736. The smallest absolute Gasteiger partial charge is 0.423 e. The van der Waals surface area contributed by atoms with Crippen LogP contribution in [0.4, 0.5) is 13.2 Å². The third kappa shape index (κ3) is 2.32. The van der Waals surface area contributed by atoms with Crippen LogP contribution in [0.3, 0.4) is 0 Å². The Labute approximate surface area is 85.5 Å². The minimum Gasteiger partial charge on any atom is -0.423 e. The molecule has 0 unspecified atom stereocenters. The third-order valence-electron chi connectivity index (χ3n) is 2.05. The Kier molecular flexibility index (Phi) is 3.76. The van der Waals surface area contributed by atoms with E-state index in [1.165, 1.54) is 0 Å². The van der Waals surface area contributed by atoms with Gasteiger partial charge in [-0.3, -0.25) is 0 Å². The molecule has 0 aliphatic heterocycles. The largest absolute Gasteiger partial charge is 0.491 e. The van der Waals surface area contributed by atoms with Gasteiger partial charge in [0.25, 0.3) is 0 Å². The lowest BCUT2D eigenvalue weighted by Crippen LogP contribution is -2.34. The molecular formula is C9H10BF3O2. The van der Waals surface area contributed by atoms with Gasteiger partial charge in [0.15, 0.2) is 17.5 Å². The van der Waals surface area contributed by atoms with Crippen LogP contribution in [0.2, 0.25) is 0 Å². The van der Waals surface area contributed by atoms with Crippen molar-refractivity contribution in [3.63, 3.8) is 0 Å². The van der Waals surface area contributed by atoms with Gasteiger partial charge in [-0.1, -0.05) is 19.4 Å². The van der Waals surface area contributed by atoms with Crippen molar-refractivity contribution in [2.75, 3.05) is 0 Å². The number of rotatable bonds is 3. The first-order valence-electron chi connectivity index (χ1n) is 4.51. The Hall–Kier alpha value is -1.01. The minimum atomic E-state index is -2.14. The van der Waals surface area contributed by atoms with E-state index in [0.29, 0.717) is 6.42 Å². The van der Waals surface area contributed by atoms with Gasteiger partial charge in [0.2, 0.25) is 0 Å². The molecule has 1 rings (SSSR count). The molecule has 6 heteroatoms. The summed E-state index contributed by atoms with van der Waals surface area (Å²) in [5, 5.41) is 17.5. The number of hydrogen-bond donors (Lipinski definition) is 2. The zero-order chi connectivity index (χ0) is 11.6. The molecule has 0 fully saturated rings. The summed E-state index contributed by atoms with van der Waals surface area (Å²) in [6, 6.07) is 0.932. The second-order valence-electron chi connectivity index (χ2n) is 3.19. The van der Waals surface area contributed by atoms with E-state index in [1.54, 1.807) is 6.92 Å². The van der Waals surface area contributed by atoms with Gasteiger partial charge in [0, 0.05) is 5.46 Å². The molecule has 0 aliphatic rings. The van der Waals surface area contributed by atoms with E-state index in [9.17, 15) is 13.2 Å². The normalized spacial score (nSPS) is 10.5. The summed E-state index contributed by atoms with van der Waals surface area (Å²) in [5.74, 6) is -4.48. The van der Waals surface area contributed by atoms with Crippen LogP contribution in [0.25, 0.3) is 0 Å². The van der Waals surface area contributed by atoms with Crippen molar-refractivity contribution in [1.29, 1.82) is 0 Å². The molecule has 2 nitrogen and oxygen atoms in total. The zero-order valence-electron chi connectivity index (χ0n) is 8.10. The van der Waals surface area contributed by atoms with Gasteiger partial charge in [-0.2, -0.15) is 0 Å². The predicted molar refractivity (Wildman–Crippen MR) is 50.1 cm³/mol. The van der Waals surface area contributed by atoms with E-state index in [4.69, 9.17) is 10.0 Å². The van der Waals surface area contributed by atoms with Crippen molar-refractivity contribution in [2.45, 2.75) is 19.8 Å². The highest BCUT2D eigenvalue weighted by atomic mass is 19.2. The molecule has 0 saturated heterocycles. The second-order valence-corrected chi connectivity index (χ2v) is 3.19. The van der Waals surface area contributed by atoms with Crippen molar-refractivity contribution in [3.05, 3.63) is 29.1 Å². The molecule has 0 radical (unpaired) electrons. The maximum absolute atomic E-state index is 13.1. The maximum Gasteiger partial charge on any atom is 0.491 e. The van der Waals surface area contributed by atoms with E-state index < -0.39 is 30.0 Å². The number of hydrogen-bond acceptors (Lipinski definition) is 2. The Morgan fingerprint density at radius 2 is 1.73 bits per heavy atom. The van der Waals surface area contributed by atoms with Gasteiger partial charge < -0.3 is 10.0 Å². The molecule has 0 bridgehead atoms. The standard InChI is InChI=1S/C9H10BF3O2/c1-2-3-5-4-6(10(14)15)8(12)9(13)7(5)11/h4,14-15H,2-3H2,1H3. The van der Waals surface area contributed by atoms with E-state index in [2.05, 4.69) is 0 Å². The topological polar surface area (TPSA) is 40.5 Å². The van der Waals surface area contributed by atoms with Crippen molar-refractivity contribution in [3.8, 4) is 0 Å². The summed E-state index contributed by atoms with van der Waals surface area (Å²) in [6.45, 7) is 1.75. The number of halogens is 3. The summed E-state index contributed by atoms with van der Waals surface area (Å²) in [6.07, 6.45) is 0.756. The highest BCUT2D eigenvalue weighted by molar-refractivity contribution is 6.58. The lowest BCUT2D eigenvalue weighted by molar-refractivity contribution is 0.413. The van der Waals surface area contributed by atoms with Gasteiger partial charge in [-0.15, -0.1) is 0 Å². The summed E-state index contributed by atoms with van der Waals surface area (Å²) in [5.41, 5.74) is -0.697.